The van der Waals surface area contributed by atoms with Crippen molar-refractivity contribution in [3.63, 3.8) is 0 Å². The molecule has 174 valence electrons. The molecule has 1 aliphatic heterocycles. The molecular weight excluding hydrogens is 432 g/mol. The van der Waals surface area contributed by atoms with E-state index >= 15 is 0 Å². The maximum absolute atomic E-state index is 13.3. The lowest BCUT2D eigenvalue weighted by molar-refractivity contribution is -0.148. The number of para-hydroxylation sites is 2. The number of nitrogens with one attached hydrogen (secondary N) is 1. The largest absolute Gasteiger partial charge is 0.489 e. The van der Waals surface area contributed by atoms with E-state index in [1.807, 2.05) is 78.9 Å². The van der Waals surface area contributed by atoms with Crippen molar-refractivity contribution in [1.82, 2.24) is 5.32 Å². The van der Waals surface area contributed by atoms with Gasteiger partial charge in [0.05, 0.1) is 24.2 Å². The summed E-state index contributed by atoms with van der Waals surface area (Å²) in [6.07, 6.45) is -0.0846. The van der Waals surface area contributed by atoms with Crippen LogP contribution in [0.1, 0.15) is 36.6 Å². The number of carbonyl (C=O) groups is 3. The lowest BCUT2D eigenvalue weighted by Crippen LogP contribution is -2.43. The molecule has 1 aliphatic rings. The third kappa shape index (κ3) is 5.43. The number of fused-ring (bicyclic) bond motifs is 1. The zero-order valence-electron chi connectivity index (χ0n) is 18.8. The highest BCUT2D eigenvalue weighted by Gasteiger charge is 2.33. The van der Waals surface area contributed by atoms with Crippen LogP contribution in [0, 0.1) is 0 Å². The number of nitrogens with zero attached hydrogens (tertiary/aromatic N) is 1. The third-order valence-corrected chi connectivity index (χ3v) is 5.59. The fourth-order valence-electron chi connectivity index (χ4n) is 4.04. The SMILES string of the molecule is CC(=O)NC(CC(=O)OCC(=O)N1c2ccccc2OCC1c1ccccc1)c1ccccc1. The van der Waals surface area contributed by atoms with Crippen LogP contribution in [0.15, 0.2) is 84.9 Å². The minimum absolute atomic E-state index is 0.0846. The highest BCUT2D eigenvalue weighted by molar-refractivity contribution is 5.97. The van der Waals surface area contributed by atoms with Crippen LogP contribution in [0.5, 0.6) is 5.75 Å². The number of carbonyl (C=O) groups excluding carboxylic acids is 3. The van der Waals surface area contributed by atoms with E-state index in [9.17, 15) is 14.4 Å². The smallest absolute Gasteiger partial charge is 0.308 e. The summed E-state index contributed by atoms with van der Waals surface area (Å²) in [5.41, 5.74) is 2.34. The summed E-state index contributed by atoms with van der Waals surface area (Å²) >= 11 is 0. The first kappa shape index (κ1) is 23.0. The predicted octanol–water partition coefficient (Wildman–Crippen LogP) is 3.96. The fourth-order valence-corrected chi connectivity index (χ4v) is 4.04. The summed E-state index contributed by atoms with van der Waals surface area (Å²) in [6, 6.07) is 25.2. The molecule has 0 aliphatic carbocycles. The molecule has 3 aromatic rings. The molecule has 7 heteroatoms. The topological polar surface area (TPSA) is 84.9 Å². The quantitative estimate of drug-likeness (QED) is 0.542. The van der Waals surface area contributed by atoms with Gasteiger partial charge in [-0.1, -0.05) is 72.8 Å². The summed E-state index contributed by atoms with van der Waals surface area (Å²) in [5, 5.41) is 2.77. The van der Waals surface area contributed by atoms with E-state index in [1.54, 1.807) is 11.0 Å². The maximum Gasteiger partial charge on any atom is 0.308 e. The molecule has 0 radical (unpaired) electrons. The summed E-state index contributed by atoms with van der Waals surface area (Å²) < 4.78 is 11.3. The van der Waals surface area contributed by atoms with Gasteiger partial charge in [0, 0.05) is 6.92 Å². The van der Waals surface area contributed by atoms with E-state index in [0.717, 1.165) is 11.1 Å². The van der Waals surface area contributed by atoms with E-state index in [2.05, 4.69) is 5.32 Å². The van der Waals surface area contributed by atoms with Crippen LogP contribution in [0.25, 0.3) is 0 Å². The van der Waals surface area contributed by atoms with Crippen molar-refractivity contribution in [1.29, 1.82) is 0 Å². The standard InChI is InChI=1S/C27H26N2O5/c1-19(30)28-22(20-10-4-2-5-11-20)16-27(32)34-18-26(31)29-23-14-8-9-15-25(23)33-17-24(29)21-12-6-3-7-13-21/h2-15,22,24H,16-18H2,1H3,(H,28,30). The lowest BCUT2D eigenvalue weighted by Gasteiger charge is -2.37. The monoisotopic (exact) mass is 458 g/mol. The summed E-state index contributed by atoms with van der Waals surface area (Å²) in [6.45, 7) is 1.27. The molecule has 1 N–H and O–H groups in total. The van der Waals surface area contributed by atoms with Crippen LogP contribution in [0.3, 0.4) is 0 Å². The van der Waals surface area contributed by atoms with E-state index < -0.39 is 18.6 Å². The maximum atomic E-state index is 13.3. The number of amides is 2. The highest BCUT2D eigenvalue weighted by Crippen LogP contribution is 2.39. The Balaban J connectivity index is 1.48. The molecule has 34 heavy (non-hydrogen) atoms. The van der Waals surface area contributed by atoms with Gasteiger partial charge in [-0.05, 0) is 23.3 Å². The molecule has 0 saturated carbocycles. The van der Waals surface area contributed by atoms with Gasteiger partial charge in [-0.3, -0.25) is 19.3 Å². The van der Waals surface area contributed by atoms with Gasteiger partial charge in [0.15, 0.2) is 6.61 Å². The van der Waals surface area contributed by atoms with Gasteiger partial charge < -0.3 is 14.8 Å². The Morgan fingerprint density at radius 2 is 1.62 bits per heavy atom. The van der Waals surface area contributed by atoms with E-state index in [0.29, 0.717) is 18.0 Å². The molecule has 0 bridgehead atoms. The molecule has 2 unspecified atom stereocenters. The first-order chi connectivity index (χ1) is 16.5. The van der Waals surface area contributed by atoms with Gasteiger partial charge in [-0.25, -0.2) is 0 Å². The molecule has 0 fully saturated rings. The van der Waals surface area contributed by atoms with Crippen molar-refractivity contribution < 1.29 is 23.9 Å². The number of esters is 1. The van der Waals surface area contributed by atoms with Gasteiger partial charge in [0.2, 0.25) is 5.91 Å². The average molecular weight is 459 g/mol. The normalized spacial score (nSPS) is 15.4. The molecule has 1 heterocycles. The zero-order valence-corrected chi connectivity index (χ0v) is 18.8. The van der Waals surface area contributed by atoms with E-state index in [-0.39, 0.29) is 24.3 Å². The van der Waals surface area contributed by atoms with Crippen LogP contribution in [0.2, 0.25) is 0 Å². The Morgan fingerprint density at radius 1 is 0.971 bits per heavy atom. The highest BCUT2D eigenvalue weighted by atomic mass is 16.5. The molecule has 4 rings (SSSR count). The predicted molar refractivity (Wildman–Crippen MR) is 127 cm³/mol. The van der Waals surface area contributed by atoms with Crippen molar-refractivity contribution in [2.75, 3.05) is 18.1 Å². The molecular formula is C27H26N2O5. The fraction of sp³-hybridized carbons (Fsp3) is 0.222. The molecule has 2 atom stereocenters. The molecule has 0 aromatic heterocycles. The van der Waals surface area contributed by atoms with E-state index in [4.69, 9.17) is 9.47 Å². The lowest BCUT2D eigenvalue weighted by atomic mass is 10.0. The molecule has 0 saturated heterocycles. The van der Waals surface area contributed by atoms with Crippen LogP contribution in [-0.2, 0) is 19.1 Å². The molecule has 3 aromatic carbocycles. The number of hydrogen-bond donors (Lipinski definition) is 1. The Bertz CT molecular complexity index is 1150. The summed E-state index contributed by atoms with van der Waals surface area (Å²) in [4.78, 5) is 39.2. The molecule has 7 nitrogen and oxygen atoms in total. The van der Waals surface area contributed by atoms with Crippen LogP contribution < -0.4 is 15.0 Å². The Kier molecular flexibility index (Phi) is 7.22. The van der Waals surface area contributed by atoms with Crippen molar-refractivity contribution >= 4 is 23.5 Å². The minimum atomic E-state index is -0.575. The van der Waals surface area contributed by atoms with Crippen molar-refractivity contribution in [2.45, 2.75) is 25.4 Å². The Labute approximate surface area is 198 Å². The summed E-state index contributed by atoms with van der Waals surface area (Å²) in [5.74, 6) is -0.583. The second-order valence-electron chi connectivity index (χ2n) is 8.00. The van der Waals surface area contributed by atoms with Crippen LogP contribution in [0.4, 0.5) is 5.69 Å². The van der Waals surface area contributed by atoms with Crippen molar-refractivity contribution in [2.24, 2.45) is 0 Å². The van der Waals surface area contributed by atoms with Gasteiger partial charge in [-0.15, -0.1) is 0 Å². The Morgan fingerprint density at radius 3 is 2.32 bits per heavy atom. The third-order valence-electron chi connectivity index (χ3n) is 5.59. The minimum Gasteiger partial charge on any atom is -0.489 e. The van der Waals surface area contributed by atoms with Gasteiger partial charge in [-0.2, -0.15) is 0 Å². The second kappa shape index (κ2) is 10.7. The number of ether oxygens (including phenoxy) is 2. The summed E-state index contributed by atoms with van der Waals surface area (Å²) in [7, 11) is 0. The van der Waals surface area contributed by atoms with Crippen molar-refractivity contribution in [3.8, 4) is 5.75 Å². The van der Waals surface area contributed by atoms with Gasteiger partial charge in [0.1, 0.15) is 12.4 Å². The number of benzene rings is 3. The Hall–Kier alpha value is -4.13. The number of rotatable bonds is 7. The first-order valence-electron chi connectivity index (χ1n) is 11.1. The molecule has 2 amide bonds. The first-order valence-corrected chi connectivity index (χ1v) is 11.1. The van der Waals surface area contributed by atoms with Crippen LogP contribution in [-0.4, -0.2) is 31.0 Å². The number of hydrogen-bond acceptors (Lipinski definition) is 5. The van der Waals surface area contributed by atoms with Gasteiger partial charge >= 0.3 is 5.97 Å². The van der Waals surface area contributed by atoms with Crippen LogP contribution >= 0.6 is 0 Å². The van der Waals surface area contributed by atoms with Gasteiger partial charge in [0.25, 0.3) is 5.91 Å². The average Bonchev–Trinajstić information content (AvgIpc) is 2.87. The van der Waals surface area contributed by atoms with Crippen molar-refractivity contribution in [3.05, 3.63) is 96.1 Å². The zero-order chi connectivity index (χ0) is 23.9. The molecule has 0 spiro atoms. The second-order valence-corrected chi connectivity index (χ2v) is 8.00. The number of anilines is 1. The van der Waals surface area contributed by atoms with E-state index in [1.165, 1.54) is 6.92 Å².